The summed E-state index contributed by atoms with van der Waals surface area (Å²) in [6, 6.07) is 0. The Morgan fingerprint density at radius 2 is 1.11 bits per heavy atom. The van der Waals surface area contributed by atoms with E-state index < -0.39 is 30.3 Å². The van der Waals surface area contributed by atoms with Crippen molar-refractivity contribution in [1.82, 2.24) is 0 Å². The van der Waals surface area contributed by atoms with Crippen LogP contribution in [0.2, 0.25) is 16.6 Å². The van der Waals surface area contributed by atoms with E-state index in [0.29, 0.717) is 23.2 Å². The third-order valence-corrected chi connectivity index (χ3v) is 20.0. The quantitative estimate of drug-likeness (QED) is 0.283. The van der Waals surface area contributed by atoms with E-state index >= 15 is 0 Å². The van der Waals surface area contributed by atoms with Crippen molar-refractivity contribution in [2.75, 3.05) is 6.61 Å². The molecular weight excluding hydrogens is 448 g/mol. The third kappa shape index (κ3) is 6.01. The van der Waals surface area contributed by atoms with Gasteiger partial charge in [-0.2, -0.15) is 0 Å². The summed E-state index contributed by atoms with van der Waals surface area (Å²) < 4.78 is 34.6. The summed E-state index contributed by atoms with van der Waals surface area (Å²) in [5.74, 6) is 0. The van der Waals surface area contributed by atoms with Crippen molar-refractivity contribution in [2.24, 2.45) is 0 Å². The fourth-order valence-electron chi connectivity index (χ4n) is 6.52. The van der Waals surface area contributed by atoms with E-state index in [4.69, 9.17) is 5.32 Å². The summed E-state index contributed by atoms with van der Waals surface area (Å²) in [5.41, 5.74) is 1.87. The fraction of sp³-hybridized carbons (Fsp3) is 1.00. The predicted molar refractivity (Wildman–Crippen MR) is 113 cm³/mol. The minimum absolute atomic E-state index is 0.448. The van der Waals surface area contributed by atoms with Crippen LogP contribution in [0.5, 0.6) is 0 Å². The van der Waals surface area contributed by atoms with Crippen molar-refractivity contribution in [2.45, 2.75) is 133 Å². The van der Waals surface area contributed by atoms with Gasteiger partial charge in [0, 0.05) is 0 Å². The SMILES string of the molecule is CCCC[O][Zr]([OH])([OH])[O][Si](C1CCCCC1)(C1CCCCC1)C1CCCCC1. The van der Waals surface area contributed by atoms with Gasteiger partial charge in [-0.05, 0) is 0 Å². The molecule has 3 saturated carbocycles. The molecule has 0 aromatic carbocycles. The Kier molecular flexibility index (Phi) is 9.72. The topological polar surface area (TPSA) is 58.9 Å². The van der Waals surface area contributed by atoms with E-state index in [9.17, 15) is 6.37 Å². The van der Waals surface area contributed by atoms with Gasteiger partial charge in [-0.25, -0.2) is 0 Å². The minimum atomic E-state index is -4.92. The number of rotatable bonds is 9. The van der Waals surface area contributed by atoms with Crippen LogP contribution in [0.1, 0.15) is 116 Å². The Bertz CT molecular complexity index is 398. The van der Waals surface area contributed by atoms with Gasteiger partial charge in [0.05, 0.1) is 0 Å². The summed E-state index contributed by atoms with van der Waals surface area (Å²) >= 11 is -4.92. The van der Waals surface area contributed by atoms with Crippen molar-refractivity contribution in [3.05, 3.63) is 0 Å². The van der Waals surface area contributed by atoms with Crippen LogP contribution >= 0.6 is 0 Å². The van der Waals surface area contributed by atoms with Gasteiger partial charge in [-0.3, -0.25) is 0 Å². The van der Waals surface area contributed by atoms with Crippen LogP contribution in [0, 0.1) is 0 Å². The molecule has 3 rings (SSSR count). The number of hydrogen-bond acceptors (Lipinski definition) is 4. The predicted octanol–water partition coefficient (Wildman–Crippen LogP) is 6.57. The Morgan fingerprint density at radius 3 is 1.46 bits per heavy atom. The van der Waals surface area contributed by atoms with Gasteiger partial charge in [0.15, 0.2) is 0 Å². The third-order valence-electron chi connectivity index (χ3n) is 7.83. The molecule has 3 aliphatic carbocycles. The van der Waals surface area contributed by atoms with E-state index in [1.54, 1.807) is 0 Å². The van der Waals surface area contributed by atoms with Crippen LogP contribution in [-0.4, -0.2) is 21.3 Å². The second-order valence-corrected chi connectivity index (χ2v) is 19.0. The molecule has 0 atom stereocenters. The maximum atomic E-state index is 11.0. The summed E-state index contributed by atoms with van der Waals surface area (Å²) in [6.45, 7) is 2.56. The van der Waals surface area contributed by atoms with Crippen molar-refractivity contribution in [3.63, 3.8) is 0 Å². The first-order chi connectivity index (χ1) is 13.6. The van der Waals surface area contributed by atoms with Gasteiger partial charge < -0.3 is 0 Å². The van der Waals surface area contributed by atoms with Gasteiger partial charge in [0.1, 0.15) is 0 Å². The van der Waals surface area contributed by atoms with Crippen molar-refractivity contribution in [1.29, 1.82) is 0 Å². The molecule has 3 aliphatic rings. The normalized spacial score (nSPS) is 24.5. The Balaban J connectivity index is 1.90. The molecule has 2 N–H and O–H groups in total. The van der Waals surface area contributed by atoms with E-state index in [0.717, 1.165) is 12.8 Å². The molecule has 6 heteroatoms. The van der Waals surface area contributed by atoms with Gasteiger partial charge in [-0.15, -0.1) is 0 Å². The Labute approximate surface area is 180 Å². The summed E-state index contributed by atoms with van der Waals surface area (Å²) in [4.78, 5) is 0. The monoisotopic (exact) mass is 490 g/mol. The summed E-state index contributed by atoms with van der Waals surface area (Å²) in [6.07, 6.45) is 21.3. The molecule has 3 fully saturated rings. The molecule has 0 heterocycles. The molecule has 0 unspecified atom stereocenters. The Morgan fingerprint density at radius 1 is 0.714 bits per heavy atom. The van der Waals surface area contributed by atoms with Crippen molar-refractivity contribution < 1.29 is 33.7 Å². The molecule has 4 nitrogen and oxygen atoms in total. The molecule has 0 aromatic rings. The molecule has 0 amide bonds. The second kappa shape index (κ2) is 11.5. The number of hydrogen-bond donors (Lipinski definition) is 2. The summed E-state index contributed by atoms with van der Waals surface area (Å²) in [7, 11) is -2.32. The molecule has 28 heavy (non-hydrogen) atoms. The average Bonchev–Trinajstić information content (AvgIpc) is 2.74. The van der Waals surface area contributed by atoms with Crippen molar-refractivity contribution >= 4 is 8.32 Å². The zero-order valence-corrected chi connectivity index (χ0v) is 21.6. The van der Waals surface area contributed by atoms with Crippen LogP contribution in [0.15, 0.2) is 0 Å². The van der Waals surface area contributed by atoms with E-state index in [-0.39, 0.29) is 0 Å². The first-order valence-corrected chi connectivity index (χ1v) is 18.7. The molecule has 164 valence electrons. The van der Waals surface area contributed by atoms with Gasteiger partial charge in [-0.1, -0.05) is 0 Å². The van der Waals surface area contributed by atoms with Crippen LogP contribution in [0.4, 0.5) is 0 Å². The first-order valence-electron chi connectivity index (χ1n) is 12.4. The average molecular weight is 492 g/mol. The molecule has 0 saturated heterocycles. The zero-order chi connectivity index (χ0) is 19.9. The van der Waals surface area contributed by atoms with Gasteiger partial charge in [0.2, 0.25) is 0 Å². The van der Waals surface area contributed by atoms with E-state index in [1.807, 2.05) is 0 Å². The fourth-order valence-corrected chi connectivity index (χ4v) is 22.0. The van der Waals surface area contributed by atoms with Gasteiger partial charge >= 0.3 is 181 Å². The van der Waals surface area contributed by atoms with Crippen LogP contribution in [0.3, 0.4) is 0 Å². The maximum absolute atomic E-state index is 11.0. The van der Waals surface area contributed by atoms with Crippen LogP contribution < -0.4 is 0 Å². The molecule has 0 aromatic heterocycles. The second-order valence-electron chi connectivity index (χ2n) is 9.71. The Hall–Kier alpha value is 0.940. The zero-order valence-electron chi connectivity index (χ0n) is 18.2. The standard InChI is InChI=1S/C18H33OSi.C4H9O.2H2O.Zr/c19-20(16-10-4-1-5-11-16,17-12-6-2-7-13-17)18-14-8-3-9-15-18;1-2-3-4-5;;;/h16-18H,1-15H2;2-4H2,1H3;2*1H2;/q2*-1;;;+4/p-2. The molecule has 0 bridgehead atoms. The van der Waals surface area contributed by atoms with E-state index in [2.05, 4.69) is 6.92 Å². The van der Waals surface area contributed by atoms with Crippen molar-refractivity contribution in [3.8, 4) is 0 Å². The van der Waals surface area contributed by atoms with Gasteiger partial charge in [0.25, 0.3) is 0 Å². The molecule has 0 spiro atoms. The summed E-state index contributed by atoms with van der Waals surface area (Å²) in [5, 5.41) is 0. The van der Waals surface area contributed by atoms with Crippen LogP contribution in [0.25, 0.3) is 0 Å². The first kappa shape index (κ1) is 23.6. The van der Waals surface area contributed by atoms with E-state index in [1.165, 1.54) is 96.3 Å². The molecular formula is C22H44O4SiZr. The molecule has 0 aliphatic heterocycles. The van der Waals surface area contributed by atoms with Crippen LogP contribution in [-0.2, 0) is 27.3 Å². The molecule has 0 radical (unpaired) electrons. The number of unbranched alkanes of at least 4 members (excludes halogenated alkanes) is 1.